The van der Waals surface area contributed by atoms with Gasteiger partial charge in [0, 0.05) is 11.4 Å². The van der Waals surface area contributed by atoms with E-state index in [9.17, 15) is 4.79 Å². The quantitative estimate of drug-likeness (QED) is 0.766. The van der Waals surface area contributed by atoms with E-state index in [4.69, 9.17) is 5.73 Å². The Kier molecular flexibility index (Phi) is 6.90. The van der Waals surface area contributed by atoms with Crippen LogP contribution in [0.3, 0.4) is 0 Å². The molecule has 0 aliphatic heterocycles. The Morgan fingerprint density at radius 3 is 2.83 bits per heavy atom. The highest BCUT2D eigenvalue weighted by Gasteiger charge is 2.25. The molecule has 1 aromatic rings. The van der Waals surface area contributed by atoms with Crippen molar-refractivity contribution < 1.29 is 4.79 Å². The Bertz CT molecular complexity index is 399. The van der Waals surface area contributed by atoms with Gasteiger partial charge >= 0.3 is 0 Å². The zero-order chi connectivity index (χ0) is 12.3. The van der Waals surface area contributed by atoms with Gasteiger partial charge in [-0.1, -0.05) is 12.8 Å². The molecule has 1 aliphatic carbocycles. The molecule has 1 heterocycles. The van der Waals surface area contributed by atoms with E-state index in [-0.39, 0.29) is 24.4 Å². The molecule has 0 spiro atoms. The Balaban J connectivity index is 0.00000162. The normalized spacial score (nSPS) is 23.2. The van der Waals surface area contributed by atoms with E-state index in [1.165, 1.54) is 12.8 Å². The highest BCUT2D eigenvalue weighted by Crippen LogP contribution is 2.24. The van der Waals surface area contributed by atoms with Crippen LogP contribution in [0.1, 0.15) is 36.0 Å². The molecule has 0 radical (unpaired) electrons. The molecule has 2 unspecified atom stereocenters. The summed E-state index contributed by atoms with van der Waals surface area (Å²) < 4.78 is 1.15. The first-order valence-electron chi connectivity index (χ1n) is 5.95. The first-order valence-corrected chi connectivity index (χ1v) is 7.91. The van der Waals surface area contributed by atoms with E-state index in [1.807, 2.05) is 11.4 Å². The van der Waals surface area contributed by atoms with Gasteiger partial charge in [0.05, 0.1) is 8.45 Å². The number of halogens is 2. The molecule has 1 fully saturated rings. The first-order chi connectivity index (χ1) is 8.20. The van der Waals surface area contributed by atoms with Crippen molar-refractivity contribution in [3.63, 3.8) is 0 Å². The molecule has 2 rings (SSSR count). The molecule has 102 valence electrons. The number of carbonyl (C=O) groups excluding carboxylic acids is 1. The van der Waals surface area contributed by atoms with Gasteiger partial charge < -0.3 is 11.1 Å². The van der Waals surface area contributed by atoms with Crippen LogP contribution >= 0.6 is 46.3 Å². The summed E-state index contributed by atoms with van der Waals surface area (Å²) in [6.45, 7) is 0.673. The lowest BCUT2D eigenvalue weighted by molar-refractivity contribution is 0.0908. The Morgan fingerprint density at radius 1 is 1.50 bits per heavy atom. The van der Waals surface area contributed by atoms with E-state index < -0.39 is 0 Å². The van der Waals surface area contributed by atoms with E-state index in [0.717, 1.165) is 21.3 Å². The second kappa shape index (κ2) is 7.67. The standard InChI is InChI=1S/C12H17IN2OS.ClH/c13-11-5-9(7-17-11)12(16)15-10-4-2-1-3-8(10)6-14;/h5,7-8,10H,1-4,6,14H2,(H,15,16);1H. The molecule has 6 heteroatoms. The van der Waals surface area contributed by atoms with Gasteiger partial charge in [0.2, 0.25) is 0 Å². The molecule has 3 N–H and O–H groups in total. The van der Waals surface area contributed by atoms with Gasteiger partial charge in [0.15, 0.2) is 0 Å². The lowest BCUT2D eigenvalue weighted by Gasteiger charge is -2.31. The van der Waals surface area contributed by atoms with Crippen LogP contribution in [0, 0.1) is 8.80 Å². The summed E-state index contributed by atoms with van der Waals surface area (Å²) in [6, 6.07) is 2.19. The summed E-state index contributed by atoms with van der Waals surface area (Å²) in [7, 11) is 0. The lowest BCUT2D eigenvalue weighted by atomic mass is 9.84. The molecule has 2 atom stereocenters. The summed E-state index contributed by atoms with van der Waals surface area (Å²) in [5.41, 5.74) is 6.54. The van der Waals surface area contributed by atoms with Gasteiger partial charge in [0.25, 0.3) is 5.91 Å². The highest BCUT2D eigenvalue weighted by molar-refractivity contribution is 14.1. The number of hydrogen-bond donors (Lipinski definition) is 2. The van der Waals surface area contributed by atoms with Gasteiger partial charge in [-0.25, -0.2) is 0 Å². The number of nitrogens with two attached hydrogens (primary N) is 1. The topological polar surface area (TPSA) is 55.1 Å². The maximum Gasteiger partial charge on any atom is 0.252 e. The Morgan fingerprint density at radius 2 is 2.22 bits per heavy atom. The van der Waals surface area contributed by atoms with Crippen LogP contribution < -0.4 is 11.1 Å². The SMILES string of the molecule is Cl.NCC1CCCCC1NC(=O)c1csc(I)c1. The molecular formula is C12H18ClIN2OS. The lowest BCUT2D eigenvalue weighted by Crippen LogP contribution is -2.44. The van der Waals surface area contributed by atoms with E-state index >= 15 is 0 Å². The summed E-state index contributed by atoms with van der Waals surface area (Å²) in [6.07, 6.45) is 4.64. The molecule has 0 aromatic carbocycles. The van der Waals surface area contributed by atoms with Crippen LogP contribution in [0.4, 0.5) is 0 Å². The van der Waals surface area contributed by atoms with Crippen LogP contribution in [0.2, 0.25) is 0 Å². The fourth-order valence-electron chi connectivity index (χ4n) is 2.36. The molecule has 1 saturated carbocycles. The fraction of sp³-hybridized carbons (Fsp3) is 0.583. The number of hydrogen-bond acceptors (Lipinski definition) is 3. The molecule has 1 amide bonds. The van der Waals surface area contributed by atoms with Crippen molar-refractivity contribution in [3.05, 3.63) is 19.9 Å². The van der Waals surface area contributed by atoms with Gasteiger partial charge in [-0.05, 0) is 54.0 Å². The smallest absolute Gasteiger partial charge is 0.252 e. The van der Waals surface area contributed by atoms with E-state index in [0.29, 0.717) is 12.5 Å². The third-order valence-corrected chi connectivity index (χ3v) is 5.15. The number of thiophene rings is 1. The van der Waals surface area contributed by atoms with Crippen LogP contribution in [0.25, 0.3) is 0 Å². The minimum Gasteiger partial charge on any atom is -0.349 e. The van der Waals surface area contributed by atoms with Gasteiger partial charge in [-0.15, -0.1) is 23.7 Å². The average molecular weight is 401 g/mol. The number of rotatable bonds is 3. The van der Waals surface area contributed by atoms with Crippen LogP contribution in [0.5, 0.6) is 0 Å². The number of carbonyl (C=O) groups is 1. The minimum absolute atomic E-state index is 0. The predicted molar refractivity (Wildman–Crippen MR) is 86.6 cm³/mol. The maximum absolute atomic E-state index is 12.0. The van der Waals surface area contributed by atoms with Crippen molar-refractivity contribution >= 4 is 52.2 Å². The molecule has 0 saturated heterocycles. The van der Waals surface area contributed by atoms with Crippen molar-refractivity contribution in [2.24, 2.45) is 11.7 Å². The predicted octanol–water partition coefficient (Wildman–Crippen LogP) is 3.02. The zero-order valence-corrected chi connectivity index (χ0v) is 13.8. The van der Waals surface area contributed by atoms with Gasteiger partial charge in [0.1, 0.15) is 0 Å². The van der Waals surface area contributed by atoms with Gasteiger partial charge in [-0.3, -0.25) is 4.79 Å². The summed E-state index contributed by atoms with van der Waals surface area (Å²) in [5, 5.41) is 5.05. The highest BCUT2D eigenvalue weighted by atomic mass is 127. The number of amides is 1. The minimum atomic E-state index is 0. The second-order valence-corrected chi connectivity index (χ2v) is 7.31. The van der Waals surface area contributed by atoms with E-state index in [1.54, 1.807) is 11.3 Å². The molecule has 1 aliphatic rings. The summed E-state index contributed by atoms with van der Waals surface area (Å²) in [4.78, 5) is 12.0. The van der Waals surface area contributed by atoms with Crippen LogP contribution in [-0.4, -0.2) is 18.5 Å². The Labute approximate surface area is 131 Å². The third kappa shape index (κ3) is 4.08. The molecular weight excluding hydrogens is 383 g/mol. The fourth-order valence-corrected chi connectivity index (χ4v) is 3.69. The van der Waals surface area contributed by atoms with Crippen LogP contribution in [0.15, 0.2) is 11.4 Å². The Hall–Kier alpha value is 0.150. The summed E-state index contributed by atoms with van der Waals surface area (Å²) in [5.74, 6) is 0.500. The first kappa shape index (κ1) is 16.2. The van der Waals surface area contributed by atoms with Gasteiger partial charge in [-0.2, -0.15) is 0 Å². The molecule has 0 bridgehead atoms. The largest absolute Gasteiger partial charge is 0.349 e. The monoisotopic (exact) mass is 400 g/mol. The maximum atomic E-state index is 12.0. The number of nitrogens with one attached hydrogen (secondary N) is 1. The average Bonchev–Trinajstić information content (AvgIpc) is 2.77. The van der Waals surface area contributed by atoms with E-state index in [2.05, 4.69) is 27.9 Å². The van der Waals surface area contributed by atoms with Crippen molar-refractivity contribution in [1.29, 1.82) is 0 Å². The molecule has 18 heavy (non-hydrogen) atoms. The van der Waals surface area contributed by atoms with Crippen molar-refractivity contribution in [2.45, 2.75) is 31.7 Å². The third-order valence-electron chi connectivity index (χ3n) is 3.36. The zero-order valence-electron chi connectivity index (χ0n) is 10.0. The molecule has 1 aromatic heterocycles. The van der Waals surface area contributed by atoms with Crippen molar-refractivity contribution in [3.8, 4) is 0 Å². The summed E-state index contributed by atoms with van der Waals surface area (Å²) >= 11 is 3.84. The second-order valence-electron chi connectivity index (χ2n) is 4.50. The van der Waals surface area contributed by atoms with Crippen LogP contribution in [-0.2, 0) is 0 Å². The van der Waals surface area contributed by atoms with Crippen molar-refractivity contribution in [1.82, 2.24) is 5.32 Å². The van der Waals surface area contributed by atoms with Crippen molar-refractivity contribution in [2.75, 3.05) is 6.54 Å². The molecule has 3 nitrogen and oxygen atoms in total.